The van der Waals surface area contributed by atoms with E-state index in [9.17, 15) is 18.0 Å². The number of nitrogens with one attached hydrogen (secondary N) is 1. The number of amides is 2. The van der Waals surface area contributed by atoms with Gasteiger partial charge in [0.2, 0.25) is 21.8 Å². The molecular formula is C27H30ClN3O4S. The summed E-state index contributed by atoms with van der Waals surface area (Å²) in [6.07, 6.45) is 1.31. The molecule has 190 valence electrons. The zero-order valence-corrected chi connectivity index (χ0v) is 21.9. The van der Waals surface area contributed by atoms with Gasteiger partial charge in [-0.3, -0.25) is 13.9 Å². The van der Waals surface area contributed by atoms with E-state index >= 15 is 0 Å². The Balaban J connectivity index is 2.01. The van der Waals surface area contributed by atoms with Crippen LogP contribution in [0.2, 0.25) is 5.02 Å². The first kappa shape index (κ1) is 27.2. The lowest BCUT2D eigenvalue weighted by Crippen LogP contribution is -2.53. The molecule has 3 aromatic carbocycles. The number of halogens is 1. The highest BCUT2D eigenvalue weighted by Crippen LogP contribution is 2.23. The molecule has 0 spiro atoms. The highest BCUT2D eigenvalue weighted by Gasteiger charge is 2.32. The Kier molecular flexibility index (Phi) is 9.50. The number of benzene rings is 3. The molecule has 1 atom stereocenters. The lowest BCUT2D eigenvalue weighted by molar-refractivity contribution is -0.140. The summed E-state index contributed by atoms with van der Waals surface area (Å²) in [6.45, 7) is 1.87. The van der Waals surface area contributed by atoms with Gasteiger partial charge in [0.25, 0.3) is 0 Å². The zero-order chi connectivity index (χ0) is 26.1. The quantitative estimate of drug-likeness (QED) is 0.410. The molecule has 0 aromatic heterocycles. The van der Waals surface area contributed by atoms with Crippen molar-refractivity contribution in [3.63, 3.8) is 0 Å². The van der Waals surface area contributed by atoms with E-state index < -0.39 is 28.5 Å². The summed E-state index contributed by atoms with van der Waals surface area (Å²) in [5.74, 6) is -0.810. The number of sulfonamides is 1. The van der Waals surface area contributed by atoms with E-state index in [4.69, 9.17) is 11.6 Å². The van der Waals surface area contributed by atoms with Crippen molar-refractivity contribution < 1.29 is 18.0 Å². The number of nitrogens with zero attached hydrogens (tertiary/aromatic N) is 2. The first-order chi connectivity index (χ1) is 17.2. The Morgan fingerprint density at radius 2 is 1.53 bits per heavy atom. The molecule has 0 aliphatic carbocycles. The maximum absolute atomic E-state index is 13.8. The molecule has 0 aliphatic rings. The van der Waals surface area contributed by atoms with Crippen molar-refractivity contribution in [2.45, 2.75) is 25.9 Å². The molecule has 0 saturated carbocycles. The van der Waals surface area contributed by atoms with Crippen LogP contribution in [0.3, 0.4) is 0 Å². The van der Waals surface area contributed by atoms with E-state index in [0.717, 1.165) is 21.7 Å². The molecule has 9 heteroatoms. The number of hydrogen-bond acceptors (Lipinski definition) is 4. The number of anilines is 1. The molecule has 0 saturated heterocycles. The standard InChI is InChI=1S/C27H30ClN3O4S/c1-3-29-27(33)25(17-21-11-6-4-7-12-21)30(19-22-13-8-5-9-14-22)26(32)20-31(36(2,34)35)24-16-10-15-23(28)18-24/h4-16,18,25H,3,17,19-20H2,1-2H3,(H,29,33). The van der Waals surface area contributed by atoms with Crippen molar-refractivity contribution in [2.24, 2.45) is 0 Å². The Labute approximate surface area is 217 Å². The predicted octanol–water partition coefficient (Wildman–Crippen LogP) is 3.88. The van der Waals surface area contributed by atoms with Crippen molar-refractivity contribution in [2.75, 3.05) is 23.7 Å². The molecule has 0 bridgehead atoms. The van der Waals surface area contributed by atoms with Crippen LogP contribution < -0.4 is 9.62 Å². The first-order valence-electron chi connectivity index (χ1n) is 11.6. The summed E-state index contributed by atoms with van der Waals surface area (Å²) in [7, 11) is -3.82. The van der Waals surface area contributed by atoms with Crippen LogP contribution in [0.1, 0.15) is 18.1 Å². The summed E-state index contributed by atoms with van der Waals surface area (Å²) >= 11 is 6.09. The number of rotatable bonds is 11. The first-order valence-corrected chi connectivity index (χ1v) is 13.8. The largest absolute Gasteiger partial charge is 0.355 e. The van der Waals surface area contributed by atoms with Gasteiger partial charge in [0.15, 0.2) is 0 Å². The van der Waals surface area contributed by atoms with Gasteiger partial charge in [0.1, 0.15) is 12.6 Å². The molecule has 3 aromatic rings. The lowest BCUT2D eigenvalue weighted by Gasteiger charge is -2.33. The fourth-order valence-corrected chi connectivity index (χ4v) is 4.90. The van der Waals surface area contributed by atoms with Gasteiger partial charge >= 0.3 is 0 Å². The number of likely N-dealkylation sites (N-methyl/N-ethyl adjacent to an activating group) is 1. The fraction of sp³-hybridized carbons (Fsp3) is 0.259. The Morgan fingerprint density at radius 1 is 0.917 bits per heavy atom. The predicted molar refractivity (Wildman–Crippen MR) is 143 cm³/mol. The van der Waals surface area contributed by atoms with Gasteiger partial charge in [-0.05, 0) is 36.2 Å². The Hall–Kier alpha value is -3.36. The van der Waals surface area contributed by atoms with Gasteiger partial charge in [0.05, 0.1) is 11.9 Å². The number of hydrogen-bond donors (Lipinski definition) is 1. The maximum Gasteiger partial charge on any atom is 0.244 e. The highest BCUT2D eigenvalue weighted by atomic mass is 35.5. The molecule has 1 unspecified atom stereocenters. The van der Waals surface area contributed by atoms with E-state index in [1.54, 1.807) is 18.2 Å². The summed E-state index contributed by atoms with van der Waals surface area (Å²) in [6, 6.07) is 24.2. The van der Waals surface area contributed by atoms with Crippen molar-refractivity contribution in [1.82, 2.24) is 10.2 Å². The second-order valence-electron chi connectivity index (χ2n) is 8.36. The maximum atomic E-state index is 13.8. The molecule has 0 fully saturated rings. The highest BCUT2D eigenvalue weighted by molar-refractivity contribution is 7.92. The normalized spacial score (nSPS) is 12.0. The van der Waals surface area contributed by atoms with Gasteiger partial charge in [0, 0.05) is 24.5 Å². The van der Waals surface area contributed by atoms with Crippen LogP contribution in [-0.4, -0.2) is 50.5 Å². The van der Waals surface area contributed by atoms with Gasteiger partial charge in [-0.1, -0.05) is 78.3 Å². The van der Waals surface area contributed by atoms with Gasteiger partial charge < -0.3 is 10.2 Å². The molecule has 7 nitrogen and oxygen atoms in total. The van der Waals surface area contributed by atoms with Crippen LogP contribution in [0.15, 0.2) is 84.9 Å². The van der Waals surface area contributed by atoms with Gasteiger partial charge in [-0.25, -0.2) is 8.42 Å². The van der Waals surface area contributed by atoms with Crippen LogP contribution in [0, 0.1) is 0 Å². The average molecular weight is 528 g/mol. The average Bonchev–Trinajstić information content (AvgIpc) is 2.85. The molecule has 2 amide bonds. The molecule has 0 heterocycles. The minimum Gasteiger partial charge on any atom is -0.355 e. The van der Waals surface area contributed by atoms with Gasteiger partial charge in [-0.2, -0.15) is 0 Å². The topological polar surface area (TPSA) is 86.8 Å². The van der Waals surface area contributed by atoms with E-state index in [1.165, 1.54) is 11.0 Å². The number of carbonyl (C=O) groups excluding carboxylic acids is 2. The number of carbonyl (C=O) groups is 2. The summed E-state index contributed by atoms with van der Waals surface area (Å²) in [5, 5.41) is 3.17. The lowest BCUT2D eigenvalue weighted by atomic mass is 10.0. The van der Waals surface area contributed by atoms with E-state index in [1.807, 2.05) is 67.6 Å². The Morgan fingerprint density at radius 3 is 2.08 bits per heavy atom. The van der Waals surface area contributed by atoms with Crippen LogP contribution in [-0.2, 0) is 32.6 Å². The second-order valence-corrected chi connectivity index (χ2v) is 10.7. The SMILES string of the molecule is CCNC(=O)C(Cc1ccccc1)N(Cc1ccccc1)C(=O)CN(c1cccc(Cl)c1)S(C)(=O)=O. The van der Waals surface area contributed by atoms with E-state index in [0.29, 0.717) is 11.6 Å². The summed E-state index contributed by atoms with van der Waals surface area (Å²) in [5.41, 5.74) is 1.98. The van der Waals surface area contributed by atoms with Crippen molar-refractivity contribution in [3.05, 3.63) is 101 Å². The molecular weight excluding hydrogens is 498 g/mol. The molecule has 36 heavy (non-hydrogen) atoms. The van der Waals surface area contributed by atoms with Crippen LogP contribution >= 0.6 is 11.6 Å². The smallest absolute Gasteiger partial charge is 0.244 e. The van der Waals surface area contributed by atoms with Crippen LogP contribution in [0.4, 0.5) is 5.69 Å². The minimum atomic E-state index is -3.82. The van der Waals surface area contributed by atoms with E-state index in [2.05, 4.69) is 5.32 Å². The third kappa shape index (κ3) is 7.57. The van der Waals surface area contributed by atoms with Crippen LogP contribution in [0.5, 0.6) is 0 Å². The third-order valence-corrected chi connectivity index (χ3v) is 6.97. The molecule has 0 radical (unpaired) electrons. The Bertz CT molecular complexity index is 1270. The molecule has 0 aliphatic heterocycles. The summed E-state index contributed by atoms with van der Waals surface area (Å²) in [4.78, 5) is 28.5. The van der Waals surface area contributed by atoms with Crippen molar-refractivity contribution in [1.29, 1.82) is 0 Å². The van der Waals surface area contributed by atoms with E-state index in [-0.39, 0.29) is 24.6 Å². The van der Waals surface area contributed by atoms with Crippen LogP contribution in [0.25, 0.3) is 0 Å². The minimum absolute atomic E-state index is 0.140. The van der Waals surface area contributed by atoms with Crippen molar-refractivity contribution in [3.8, 4) is 0 Å². The molecule has 1 N–H and O–H groups in total. The summed E-state index contributed by atoms with van der Waals surface area (Å²) < 4.78 is 26.4. The third-order valence-electron chi connectivity index (χ3n) is 5.59. The monoisotopic (exact) mass is 527 g/mol. The van der Waals surface area contributed by atoms with Gasteiger partial charge in [-0.15, -0.1) is 0 Å². The van der Waals surface area contributed by atoms with Crippen molar-refractivity contribution >= 4 is 39.1 Å². The zero-order valence-electron chi connectivity index (χ0n) is 20.3. The molecule has 3 rings (SSSR count). The second kappa shape index (κ2) is 12.6. The fourth-order valence-electron chi connectivity index (χ4n) is 3.87.